The van der Waals surface area contributed by atoms with Crippen molar-refractivity contribution in [1.29, 1.82) is 0 Å². The Morgan fingerprint density at radius 2 is 1.78 bits per heavy atom. The summed E-state index contributed by atoms with van der Waals surface area (Å²) in [5.74, 6) is 1.83. The molecular formula is C32H31ClO3S. The van der Waals surface area contributed by atoms with Crippen molar-refractivity contribution < 1.29 is 14.3 Å². The lowest BCUT2D eigenvalue weighted by Gasteiger charge is -2.17. The van der Waals surface area contributed by atoms with Crippen LogP contribution in [0.3, 0.4) is 0 Å². The Bertz CT molecular complexity index is 1400. The highest BCUT2D eigenvalue weighted by atomic mass is 35.5. The van der Waals surface area contributed by atoms with Crippen molar-refractivity contribution in [2.24, 2.45) is 0 Å². The first-order valence-corrected chi connectivity index (χ1v) is 13.5. The summed E-state index contributed by atoms with van der Waals surface area (Å²) in [4.78, 5) is 14.7. The third-order valence-electron chi connectivity index (χ3n) is 6.15. The summed E-state index contributed by atoms with van der Waals surface area (Å²) in [6.07, 6.45) is 4.30. The number of allylic oxidation sites excluding steroid dienone is 1. The molecule has 0 radical (unpaired) electrons. The highest BCUT2D eigenvalue weighted by Crippen LogP contribution is 2.33. The third kappa shape index (κ3) is 6.91. The van der Waals surface area contributed by atoms with Crippen LogP contribution in [0.1, 0.15) is 62.1 Å². The number of rotatable bonds is 10. The molecule has 0 unspecified atom stereocenters. The Hall–Kier alpha value is -3.34. The largest absolute Gasteiger partial charge is 0.496 e. The Kier molecular flexibility index (Phi) is 8.86. The molecule has 3 nitrogen and oxygen atoms in total. The number of methoxy groups -OCH3 is 1. The van der Waals surface area contributed by atoms with Crippen LogP contribution in [0, 0.1) is 6.92 Å². The molecule has 4 rings (SSSR count). The van der Waals surface area contributed by atoms with Gasteiger partial charge in [0.2, 0.25) is 0 Å². The van der Waals surface area contributed by atoms with Gasteiger partial charge in [0.25, 0.3) is 0 Å². The molecule has 0 amide bonds. The highest BCUT2D eigenvalue weighted by Gasteiger charge is 2.13. The van der Waals surface area contributed by atoms with Gasteiger partial charge in [0.15, 0.2) is 5.78 Å². The maximum atomic E-state index is 12.8. The molecule has 0 aliphatic carbocycles. The second-order valence-electron chi connectivity index (χ2n) is 9.28. The predicted molar refractivity (Wildman–Crippen MR) is 155 cm³/mol. The summed E-state index contributed by atoms with van der Waals surface area (Å²) in [5, 5.41) is 0.739. The van der Waals surface area contributed by atoms with E-state index in [-0.39, 0.29) is 11.7 Å². The second kappa shape index (κ2) is 12.3. The first-order valence-electron chi connectivity index (χ1n) is 12.3. The minimum Gasteiger partial charge on any atom is -0.496 e. The van der Waals surface area contributed by atoms with Crippen molar-refractivity contribution in [3.63, 3.8) is 0 Å². The normalized spacial score (nSPS) is 11.3. The molecule has 3 aromatic carbocycles. The molecule has 1 heterocycles. The molecule has 0 spiro atoms. The van der Waals surface area contributed by atoms with E-state index in [0.29, 0.717) is 6.61 Å². The van der Waals surface area contributed by atoms with E-state index in [4.69, 9.17) is 21.1 Å². The van der Waals surface area contributed by atoms with Gasteiger partial charge in [-0.2, -0.15) is 0 Å². The van der Waals surface area contributed by atoms with Crippen LogP contribution in [0.25, 0.3) is 6.08 Å². The zero-order valence-electron chi connectivity index (χ0n) is 21.6. The standard InChI is InChI=1S/C32H31ClO3S/c1-21(2)27-19-28(33)22(3)16-31(27)36-20-25-17-24(11-14-30(25)35-4)10-13-29(34)32-15-12-26(37-32)18-23-8-6-5-7-9-23/h5-17,19,21H,18,20H2,1-4H3/b13-10+. The lowest BCUT2D eigenvalue weighted by molar-refractivity contribution is 0.105. The van der Waals surface area contributed by atoms with Gasteiger partial charge in [-0.05, 0) is 77.6 Å². The second-order valence-corrected chi connectivity index (χ2v) is 10.9. The smallest absolute Gasteiger partial charge is 0.195 e. The molecule has 4 aromatic rings. The Labute approximate surface area is 228 Å². The van der Waals surface area contributed by atoms with Crippen molar-refractivity contribution in [3.8, 4) is 11.5 Å². The minimum absolute atomic E-state index is 0.00357. The molecule has 37 heavy (non-hydrogen) atoms. The Morgan fingerprint density at radius 1 is 1.00 bits per heavy atom. The molecular weight excluding hydrogens is 500 g/mol. The SMILES string of the molecule is COc1ccc(/C=C/C(=O)c2ccc(Cc3ccccc3)s2)cc1COc1cc(C)c(Cl)cc1C(C)C. The zero-order chi connectivity index (χ0) is 26.4. The fraction of sp³-hybridized carbons (Fsp3) is 0.219. The number of thiophene rings is 1. The molecule has 1 aromatic heterocycles. The topological polar surface area (TPSA) is 35.5 Å². The predicted octanol–water partition coefficient (Wildman–Crippen LogP) is 8.91. The Morgan fingerprint density at radius 3 is 2.51 bits per heavy atom. The monoisotopic (exact) mass is 530 g/mol. The van der Waals surface area contributed by atoms with Crippen molar-refractivity contribution in [1.82, 2.24) is 0 Å². The third-order valence-corrected chi connectivity index (χ3v) is 7.66. The summed E-state index contributed by atoms with van der Waals surface area (Å²) < 4.78 is 11.8. The molecule has 0 saturated heterocycles. The molecule has 0 aliphatic heterocycles. The number of halogens is 1. The first kappa shape index (κ1) is 26.7. The van der Waals surface area contributed by atoms with Gasteiger partial charge in [-0.1, -0.05) is 67.9 Å². The average molecular weight is 531 g/mol. The van der Waals surface area contributed by atoms with Crippen LogP contribution >= 0.6 is 22.9 Å². The number of carbonyl (C=O) groups is 1. The lowest BCUT2D eigenvalue weighted by Crippen LogP contribution is -2.03. The number of aryl methyl sites for hydroxylation is 1. The number of hydrogen-bond acceptors (Lipinski definition) is 4. The molecule has 0 N–H and O–H groups in total. The molecule has 0 saturated carbocycles. The van der Waals surface area contributed by atoms with Crippen molar-refractivity contribution in [2.75, 3.05) is 7.11 Å². The molecule has 0 atom stereocenters. The summed E-state index contributed by atoms with van der Waals surface area (Å²) >= 11 is 7.89. The highest BCUT2D eigenvalue weighted by molar-refractivity contribution is 7.14. The van der Waals surface area contributed by atoms with Crippen molar-refractivity contribution >= 4 is 34.8 Å². The van der Waals surface area contributed by atoms with Gasteiger partial charge in [0.1, 0.15) is 18.1 Å². The van der Waals surface area contributed by atoms with E-state index in [1.165, 1.54) is 10.4 Å². The van der Waals surface area contributed by atoms with Gasteiger partial charge in [0.05, 0.1) is 12.0 Å². The zero-order valence-corrected chi connectivity index (χ0v) is 23.2. The van der Waals surface area contributed by atoms with Gasteiger partial charge in [0, 0.05) is 21.9 Å². The van der Waals surface area contributed by atoms with Crippen LogP contribution in [-0.2, 0) is 13.0 Å². The van der Waals surface area contributed by atoms with E-state index in [2.05, 4.69) is 26.0 Å². The van der Waals surface area contributed by atoms with Gasteiger partial charge in [-0.3, -0.25) is 4.79 Å². The van der Waals surface area contributed by atoms with Gasteiger partial charge < -0.3 is 9.47 Å². The summed E-state index contributed by atoms with van der Waals surface area (Å²) in [6, 6.07) is 24.0. The van der Waals surface area contributed by atoms with E-state index in [0.717, 1.165) is 50.1 Å². The summed E-state index contributed by atoms with van der Waals surface area (Å²) in [5.41, 5.74) is 5.09. The maximum absolute atomic E-state index is 12.8. The van der Waals surface area contributed by atoms with Crippen LogP contribution in [0.5, 0.6) is 11.5 Å². The van der Waals surface area contributed by atoms with Gasteiger partial charge in [-0.25, -0.2) is 0 Å². The molecule has 190 valence electrons. The van der Waals surface area contributed by atoms with E-state index in [9.17, 15) is 4.79 Å². The van der Waals surface area contributed by atoms with Crippen molar-refractivity contribution in [2.45, 2.75) is 39.7 Å². The van der Waals surface area contributed by atoms with Crippen LogP contribution < -0.4 is 9.47 Å². The van der Waals surface area contributed by atoms with Gasteiger partial charge >= 0.3 is 0 Å². The van der Waals surface area contributed by atoms with E-state index < -0.39 is 0 Å². The number of benzene rings is 3. The maximum Gasteiger partial charge on any atom is 0.195 e. The van der Waals surface area contributed by atoms with Gasteiger partial charge in [-0.15, -0.1) is 11.3 Å². The molecule has 0 bridgehead atoms. The fourth-order valence-corrected chi connectivity index (χ4v) is 5.21. The number of ether oxygens (including phenoxy) is 2. The molecule has 5 heteroatoms. The average Bonchev–Trinajstić information content (AvgIpc) is 3.36. The quantitative estimate of drug-likeness (QED) is 0.152. The van der Waals surface area contributed by atoms with Crippen LogP contribution in [0.15, 0.2) is 78.9 Å². The summed E-state index contributed by atoms with van der Waals surface area (Å²) in [7, 11) is 1.65. The Balaban J connectivity index is 1.47. The first-order chi connectivity index (χ1) is 17.8. The number of hydrogen-bond donors (Lipinski definition) is 0. The minimum atomic E-state index is -0.00357. The van der Waals surface area contributed by atoms with E-state index in [1.54, 1.807) is 24.5 Å². The van der Waals surface area contributed by atoms with E-state index in [1.807, 2.05) is 73.7 Å². The van der Waals surface area contributed by atoms with Crippen LogP contribution in [0.4, 0.5) is 0 Å². The summed E-state index contributed by atoms with van der Waals surface area (Å²) in [6.45, 7) is 6.55. The van der Waals surface area contributed by atoms with Crippen LogP contribution in [0.2, 0.25) is 5.02 Å². The number of carbonyl (C=O) groups excluding carboxylic acids is 1. The van der Waals surface area contributed by atoms with E-state index >= 15 is 0 Å². The molecule has 0 aliphatic rings. The molecule has 0 fully saturated rings. The van der Waals surface area contributed by atoms with Crippen LogP contribution in [-0.4, -0.2) is 12.9 Å². The fourth-order valence-electron chi connectivity index (χ4n) is 4.07. The lowest BCUT2D eigenvalue weighted by atomic mass is 10.0. The number of ketones is 1. The van der Waals surface area contributed by atoms with Crippen molar-refractivity contribution in [3.05, 3.63) is 121 Å².